The second-order valence-electron chi connectivity index (χ2n) is 3.17. The van der Waals surface area contributed by atoms with Crippen molar-refractivity contribution >= 4 is 11.6 Å². The Morgan fingerprint density at radius 1 is 1.36 bits per heavy atom. The summed E-state index contributed by atoms with van der Waals surface area (Å²) in [5.74, 6) is 6.03. The standard InChI is InChI=1S/C12H14ClN/c1-2-3-12(14)9-6-10-4-7-11(13)8-5-10/h4-5,7-8,12H,2-3,14H2,1H3. The van der Waals surface area contributed by atoms with Crippen LogP contribution in [0, 0.1) is 11.8 Å². The van der Waals surface area contributed by atoms with Crippen molar-refractivity contribution in [3.8, 4) is 11.8 Å². The van der Waals surface area contributed by atoms with Gasteiger partial charge in [-0.05, 0) is 30.7 Å². The van der Waals surface area contributed by atoms with E-state index >= 15 is 0 Å². The molecule has 14 heavy (non-hydrogen) atoms. The van der Waals surface area contributed by atoms with Gasteiger partial charge in [0.15, 0.2) is 0 Å². The second kappa shape index (κ2) is 5.70. The zero-order valence-corrected chi connectivity index (χ0v) is 9.01. The third-order valence-electron chi connectivity index (χ3n) is 1.85. The van der Waals surface area contributed by atoms with Crippen molar-refractivity contribution in [2.24, 2.45) is 5.73 Å². The lowest BCUT2D eigenvalue weighted by molar-refractivity contribution is 0.720. The van der Waals surface area contributed by atoms with Gasteiger partial charge < -0.3 is 5.73 Å². The van der Waals surface area contributed by atoms with Crippen LogP contribution < -0.4 is 5.73 Å². The highest BCUT2D eigenvalue weighted by Gasteiger charge is 1.93. The summed E-state index contributed by atoms with van der Waals surface area (Å²) in [4.78, 5) is 0. The fraction of sp³-hybridized carbons (Fsp3) is 0.333. The zero-order chi connectivity index (χ0) is 10.4. The van der Waals surface area contributed by atoms with Crippen molar-refractivity contribution in [2.45, 2.75) is 25.8 Å². The van der Waals surface area contributed by atoms with Gasteiger partial charge in [-0.3, -0.25) is 0 Å². The molecule has 74 valence electrons. The van der Waals surface area contributed by atoms with Gasteiger partial charge in [0.1, 0.15) is 0 Å². The van der Waals surface area contributed by atoms with Crippen molar-refractivity contribution in [1.82, 2.24) is 0 Å². The van der Waals surface area contributed by atoms with E-state index in [0.717, 1.165) is 23.4 Å². The summed E-state index contributed by atoms with van der Waals surface area (Å²) in [5, 5.41) is 0.730. The monoisotopic (exact) mass is 207 g/mol. The molecule has 1 atom stereocenters. The molecule has 2 N–H and O–H groups in total. The molecular formula is C12H14ClN. The molecule has 1 rings (SSSR count). The zero-order valence-electron chi connectivity index (χ0n) is 8.26. The number of benzene rings is 1. The molecule has 1 unspecified atom stereocenters. The highest BCUT2D eigenvalue weighted by molar-refractivity contribution is 6.30. The van der Waals surface area contributed by atoms with Crippen LogP contribution in [0.5, 0.6) is 0 Å². The number of hydrogen-bond acceptors (Lipinski definition) is 1. The Labute approximate surface area is 90.3 Å². The molecule has 0 spiro atoms. The normalized spacial score (nSPS) is 11.6. The molecule has 1 aromatic carbocycles. The highest BCUT2D eigenvalue weighted by atomic mass is 35.5. The molecule has 0 saturated heterocycles. The first-order valence-electron chi connectivity index (χ1n) is 4.75. The fourth-order valence-corrected chi connectivity index (χ4v) is 1.22. The van der Waals surface area contributed by atoms with Crippen LogP contribution in [0.15, 0.2) is 24.3 Å². The first-order chi connectivity index (χ1) is 6.72. The van der Waals surface area contributed by atoms with E-state index < -0.39 is 0 Å². The maximum absolute atomic E-state index is 5.76. The van der Waals surface area contributed by atoms with E-state index in [1.54, 1.807) is 0 Å². The maximum atomic E-state index is 5.76. The molecule has 2 heteroatoms. The Morgan fingerprint density at radius 3 is 2.57 bits per heavy atom. The van der Waals surface area contributed by atoms with Crippen molar-refractivity contribution in [2.75, 3.05) is 0 Å². The molecule has 0 aliphatic heterocycles. The summed E-state index contributed by atoms with van der Waals surface area (Å²) in [7, 11) is 0. The van der Waals surface area contributed by atoms with E-state index in [9.17, 15) is 0 Å². The van der Waals surface area contributed by atoms with Crippen LogP contribution in [0.1, 0.15) is 25.3 Å². The summed E-state index contributed by atoms with van der Waals surface area (Å²) in [6, 6.07) is 7.44. The van der Waals surface area contributed by atoms with E-state index in [1.165, 1.54) is 0 Å². The lowest BCUT2D eigenvalue weighted by atomic mass is 10.1. The number of nitrogens with two attached hydrogens (primary N) is 1. The third-order valence-corrected chi connectivity index (χ3v) is 2.10. The Morgan fingerprint density at radius 2 is 2.00 bits per heavy atom. The molecule has 0 saturated carbocycles. The lowest BCUT2D eigenvalue weighted by Gasteiger charge is -1.98. The Balaban J connectivity index is 2.63. The quantitative estimate of drug-likeness (QED) is 0.742. The largest absolute Gasteiger partial charge is 0.318 e. The lowest BCUT2D eigenvalue weighted by Crippen LogP contribution is -2.16. The van der Waals surface area contributed by atoms with Crippen LogP contribution >= 0.6 is 11.6 Å². The number of rotatable bonds is 2. The van der Waals surface area contributed by atoms with Gasteiger partial charge in [-0.1, -0.05) is 36.8 Å². The molecule has 0 aromatic heterocycles. The van der Waals surface area contributed by atoms with Crippen LogP contribution in [-0.4, -0.2) is 6.04 Å². The molecule has 0 aliphatic rings. The van der Waals surface area contributed by atoms with Crippen LogP contribution in [0.25, 0.3) is 0 Å². The van der Waals surface area contributed by atoms with Gasteiger partial charge in [0.2, 0.25) is 0 Å². The Hall–Kier alpha value is -0.970. The summed E-state index contributed by atoms with van der Waals surface area (Å²) in [6.07, 6.45) is 2.01. The Bertz CT molecular complexity index is 332. The predicted octanol–water partition coefficient (Wildman–Crippen LogP) is 2.82. The summed E-state index contributed by atoms with van der Waals surface area (Å²) >= 11 is 5.75. The third kappa shape index (κ3) is 3.83. The minimum Gasteiger partial charge on any atom is -0.318 e. The molecule has 0 fully saturated rings. The minimum atomic E-state index is -0.0179. The first kappa shape index (κ1) is 11.1. The van der Waals surface area contributed by atoms with Crippen LogP contribution in [0.2, 0.25) is 5.02 Å². The van der Waals surface area contributed by atoms with Crippen LogP contribution in [-0.2, 0) is 0 Å². The van der Waals surface area contributed by atoms with E-state index in [1.807, 2.05) is 24.3 Å². The van der Waals surface area contributed by atoms with E-state index in [-0.39, 0.29) is 6.04 Å². The summed E-state index contributed by atoms with van der Waals surface area (Å²) in [6.45, 7) is 2.10. The van der Waals surface area contributed by atoms with Crippen molar-refractivity contribution in [1.29, 1.82) is 0 Å². The predicted molar refractivity (Wildman–Crippen MR) is 61.2 cm³/mol. The maximum Gasteiger partial charge on any atom is 0.0668 e. The number of hydrogen-bond donors (Lipinski definition) is 1. The molecule has 0 aliphatic carbocycles. The van der Waals surface area contributed by atoms with Gasteiger partial charge >= 0.3 is 0 Å². The second-order valence-corrected chi connectivity index (χ2v) is 3.61. The highest BCUT2D eigenvalue weighted by Crippen LogP contribution is 2.08. The van der Waals surface area contributed by atoms with E-state index in [0.29, 0.717) is 0 Å². The first-order valence-corrected chi connectivity index (χ1v) is 5.13. The van der Waals surface area contributed by atoms with E-state index in [4.69, 9.17) is 17.3 Å². The van der Waals surface area contributed by atoms with Crippen molar-refractivity contribution in [3.05, 3.63) is 34.9 Å². The Kier molecular flexibility index (Phi) is 4.52. The number of halogens is 1. The molecular weight excluding hydrogens is 194 g/mol. The van der Waals surface area contributed by atoms with Gasteiger partial charge in [0, 0.05) is 10.6 Å². The molecule has 0 heterocycles. The van der Waals surface area contributed by atoms with Crippen LogP contribution in [0.4, 0.5) is 0 Å². The molecule has 1 nitrogen and oxygen atoms in total. The molecule has 0 amide bonds. The summed E-state index contributed by atoms with van der Waals surface area (Å²) in [5.41, 5.74) is 6.72. The van der Waals surface area contributed by atoms with E-state index in [2.05, 4.69) is 18.8 Å². The average Bonchev–Trinajstić information content (AvgIpc) is 2.17. The average molecular weight is 208 g/mol. The SMILES string of the molecule is CCCC(N)C#Cc1ccc(Cl)cc1. The van der Waals surface area contributed by atoms with Crippen molar-refractivity contribution in [3.63, 3.8) is 0 Å². The fourth-order valence-electron chi connectivity index (χ4n) is 1.09. The van der Waals surface area contributed by atoms with Gasteiger partial charge in [-0.2, -0.15) is 0 Å². The van der Waals surface area contributed by atoms with Gasteiger partial charge in [0.25, 0.3) is 0 Å². The smallest absolute Gasteiger partial charge is 0.0668 e. The van der Waals surface area contributed by atoms with Crippen molar-refractivity contribution < 1.29 is 0 Å². The van der Waals surface area contributed by atoms with Gasteiger partial charge in [-0.15, -0.1) is 0 Å². The molecule has 0 bridgehead atoms. The minimum absolute atomic E-state index is 0.0179. The van der Waals surface area contributed by atoms with Gasteiger partial charge in [0.05, 0.1) is 6.04 Å². The summed E-state index contributed by atoms with van der Waals surface area (Å²) < 4.78 is 0. The molecule has 1 aromatic rings. The van der Waals surface area contributed by atoms with Gasteiger partial charge in [-0.25, -0.2) is 0 Å². The topological polar surface area (TPSA) is 26.0 Å². The van der Waals surface area contributed by atoms with Crippen LogP contribution in [0.3, 0.4) is 0 Å². The molecule has 0 radical (unpaired) electrons.